The lowest BCUT2D eigenvalue weighted by molar-refractivity contribution is -0.128. The highest BCUT2D eigenvalue weighted by atomic mass is 16.5. The first-order chi connectivity index (χ1) is 13.5. The monoisotopic (exact) mass is 380 g/mol. The summed E-state index contributed by atoms with van der Waals surface area (Å²) in [5.41, 5.74) is 3.24. The topological polar surface area (TPSA) is 75.7 Å². The summed E-state index contributed by atoms with van der Waals surface area (Å²) in [6, 6.07) is 14.6. The van der Waals surface area contributed by atoms with Crippen LogP contribution in [0, 0.1) is 12.8 Å². The molecule has 0 aliphatic carbocycles. The quantitative estimate of drug-likeness (QED) is 0.781. The van der Waals surface area contributed by atoms with Crippen molar-refractivity contribution in [3.8, 4) is 0 Å². The molecule has 0 spiro atoms. The van der Waals surface area contributed by atoms with Crippen molar-refractivity contribution in [2.45, 2.75) is 26.8 Å². The molecule has 0 aromatic heterocycles. The van der Waals surface area contributed by atoms with Gasteiger partial charge in [-0.3, -0.25) is 9.59 Å². The number of benzene rings is 2. The standard InChI is InChI=1S/C22H24N2O4/c1-3-28-22(27)17-8-10-19(11-9-17)23-21(26)18-12-20(25)24(14-18)13-16-6-4-15(2)5-7-16/h4-11,18H,3,12-14H2,1-2H3,(H,23,26). The van der Waals surface area contributed by atoms with Crippen LogP contribution in [-0.4, -0.2) is 35.8 Å². The van der Waals surface area contributed by atoms with E-state index < -0.39 is 5.97 Å². The average molecular weight is 380 g/mol. The van der Waals surface area contributed by atoms with Gasteiger partial charge in [0.25, 0.3) is 0 Å². The number of ether oxygens (including phenoxy) is 1. The molecule has 1 unspecified atom stereocenters. The van der Waals surface area contributed by atoms with Crippen molar-refractivity contribution in [1.82, 2.24) is 4.90 Å². The maximum absolute atomic E-state index is 12.5. The van der Waals surface area contributed by atoms with E-state index in [0.717, 1.165) is 5.56 Å². The summed E-state index contributed by atoms with van der Waals surface area (Å²) >= 11 is 0. The number of carbonyl (C=O) groups is 3. The van der Waals surface area contributed by atoms with Crippen molar-refractivity contribution < 1.29 is 19.1 Å². The maximum Gasteiger partial charge on any atom is 0.338 e. The lowest BCUT2D eigenvalue weighted by atomic mass is 10.1. The van der Waals surface area contributed by atoms with Gasteiger partial charge >= 0.3 is 5.97 Å². The molecule has 0 bridgehead atoms. The zero-order chi connectivity index (χ0) is 20.1. The van der Waals surface area contributed by atoms with Crippen molar-refractivity contribution in [2.24, 2.45) is 5.92 Å². The number of esters is 1. The third-order valence-electron chi connectivity index (χ3n) is 4.74. The minimum Gasteiger partial charge on any atom is -0.462 e. The van der Waals surface area contributed by atoms with Gasteiger partial charge in [-0.2, -0.15) is 0 Å². The molecule has 1 N–H and O–H groups in total. The fourth-order valence-electron chi connectivity index (χ4n) is 3.16. The molecule has 1 aliphatic rings. The van der Waals surface area contributed by atoms with Gasteiger partial charge in [-0.15, -0.1) is 0 Å². The molecule has 0 radical (unpaired) electrons. The predicted molar refractivity (Wildman–Crippen MR) is 106 cm³/mol. The first-order valence-corrected chi connectivity index (χ1v) is 9.37. The number of hydrogen-bond acceptors (Lipinski definition) is 4. The number of carbonyl (C=O) groups excluding carboxylic acids is 3. The number of nitrogens with zero attached hydrogens (tertiary/aromatic N) is 1. The van der Waals surface area contributed by atoms with Crippen LogP contribution >= 0.6 is 0 Å². The molecule has 2 amide bonds. The highest BCUT2D eigenvalue weighted by Crippen LogP contribution is 2.22. The average Bonchev–Trinajstić information content (AvgIpc) is 3.05. The Labute approximate surface area is 164 Å². The summed E-state index contributed by atoms with van der Waals surface area (Å²) in [5.74, 6) is -0.988. The van der Waals surface area contributed by atoms with Crippen molar-refractivity contribution in [2.75, 3.05) is 18.5 Å². The maximum atomic E-state index is 12.5. The summed E-state index contributed by atoms with van der Waals surface area (Å²) in [6.07, 6.45) is 0.207. The molecule has 6 heteroatoms. The van der Waals surface area contributed by atoms with Gasteiger partial charge in [0.05, 0.1) is 18.1 Å². The normalized spacial score (nSPS) is 16.1. The molecular formula is C22H24N2O4. The summed E-state index contributed by atoms with van der Waals surface area (Å²) < 4.78 is 4.94. The fraction of sp³-hybridized carbons (Fsp3) is 0.318. The van der Waals surface area contributed by atoms with Crippen LogP contribution in [0.3, 0.4) is 0 Å². The van der Waals surface area contributed by atoms with E-state index in [4.69, 9.17) is 4.74 Å². The van der Waals surface area contributed by atoms with Gasteiger partial charge in [-0.25, -0.2) is 4.79 Å². The lowest BCUT2D eigenvalue weighted by Gasteiger charge is -2.17. The number of rotatable bonds is 6. The smallest absolute Gasteiger partial charge is 0.338 e. The van der Waals surface area contributed by atoms with Gasteiger partial charge in [0.15, 0.2) is 0 Å². The third kappa shape index (κ3) is 4.76. The Bertz CT molecular complexity index is 859. The van der Waals surface area contributed by atoms with E-state index in [-0.39, 0.29) is 24.2 Å². The highest BCUT2D eigenvalue weighted by molar-refractivity contribution is 5.97. The molecular weight excluding hydrogens is 356 g/mol. The van der Waals surface area contributed by atoms with Crippen LogP contribution in [0.25, 0.3) is 0 Å². The van der Waals surface area contributed by atoms with Crippen molar-refractivity contribution in [3.05, 3.63) is 65.2 Å². The molecule has 6 nitrogen and oxygen atoms in total. The largest absolute Gasteiger partial charge is 0.462 e. The van der Waals surface area contributed by atoms with Gasteiger partial charge < -0.3 is 15.0 Å². The van der Waals surface area contributed by atoms with Crippen LogP contribution in [0.5, 0.6) is 0 Å². The first kappa shape index (κ1) is 19.6. The molecule has 2 aromatic rings. The van der Waals surface area contributed by atoms with E-state index in [1.807, 2.05) is 31.2 Å². The number of hydrogen-bond donors (Lipinski definition) is 1. The van der Waals surface area contributed by atoms with Gasteiger partial charge in [0.2, 0.25) is 11.8 Å². The van der Waals surface area contributed by atoms with Gasteiger partial charge in [-0.1, -0.05) is 29.8 Å². The van der Waals surface area contributed by atoms with E-state index in [0.29, 0.717) is 30.9 Å². The van der Waals surface area contributed by atoms with E-state index in [9.17, 15) is 14.4 Å². The summed E-state index contributed by atoms with van der Waals surface area (Å²) in [6.45, 7) is 4.99. The van der Waals surface area contributed by atoms with E-state index >= 15 is 0 Å². The number of nitrogens with one attached hydrogen (secondary N) is 1. The van der Waals surface area contributed by atoms with Gasteiger partial charge in [0, 0.05) is 25.2 Å². The Morgan fingerprint density at radius 2 is 1.79 bits per heavy atom. The molecule has 1 aliphatic heterocycles. The molecule has 0 saturated carbocycles. The van der Waals surface area contributed by atoms with Crippen LogP contribution in [0.1, 0.15) is 34.8 Å². The number of anilines is 1. The Morgan fingerprint density at radius 3 is 2.43 bits per heavy atom. The Balaban J connectivity index is 1.57. The number of likely N-dealkylation sites (tertiary alicyclic amines) is 1. The minimum absolute atomic E-state index is 0.0154. The lowest BCUT2D eigenvalue weighted by Crippen LogP contribution is -2.28. The molecule has 146 valence electrons. The van der Waals surface area contributed by atoms with Crippen LogP contribution in [0.15, 0.2) is 48.5 Å². The Morgan fingerprint density at radius 1 is 1.11 bits per heavy atom. The molecule has 1 atom stereocenters. The SMILES string of the molecule is CCOC(=O)c1ccc(NC(=O)C2CC(=O)N(Cc3ccc(C)cc3)C2)cc1. The number of aryl methyl sites for hydroxylation is 1. The zero-order valence-electron chi connectivity index (χ0n) is 16.1. The van der Waals surface area contributed by atoms with Crippen LogP contribution in [-0.2, 0) is 20.9 Å². The third-order valence-corrected chi connectivity index (χ3v) is 4.74. The molecule has 3 rings (SSSR count). The second-order valence-electron chi connectivity index (χ2n) is 6.95. The predicted octanol–water partition coefficient (Wildman–Crippen LogP) is 3.16. The van der Waals surface area contributed by atoms with Crippen molar-refractivity contribution in [1.29, 1.82) is 0 Å². The Kier molecular flexibility index (Phi) is 6.09. The van der Waals surface area contributed by atoms with E-state index in [2.05, 4.69) is 5.32 Å². The second kappa shape index (κ2) is 8.69. The summed E-state index contributed by atoms with van der Waals surface area (Å²) in [4.78, 5) is 38.2. The van der Waals surface area contributed by atoms with Gasteiger partial charge in [0.1, 0.15) is 0 Å². The van der Waals surface area contributed by atoms with Gasteiger partial charge in [-0.05, 0) is 43.7 Å². The first-order valence-electron chi connectivity index (χ1n) is 9.37. The second-order valence-corrected chi connectivity index (χ2v) is 6.95. The zero-order valence-corrected chi connectivity index (χ0v) is 16.1. The minimum atomic E-state index is -0.395. The highest BCUT2D eigenvalue weighted by Gasteiger charge is 2.34. The summed E-state index contributed by atoms with van der Waals surface area (Å²) in [5, 5.41) is 2.82. The fourth-order valence-corrected chi connectivity index (χ4v) is 3.16. The summed E-state index contributed by atoms with van der Waals surface area (Å²) in [7, 11) is 0. The van der Waals surface area contributed by atoms with Crippen LogP contribution < -0.4 is 5.32 Å². The molecule has 2 aromatic carbocycles. The Hall–Kier alpha value is -3.15. The van der Waals surface area contributed by atoms with Crippen LogP contribution in [0.2, 0.25) is 0 Å². The van der Waals surface area contributed by atoms with Crippen molar-refractivity contribution in [3.63, 3.8) is 0 Å². The molecule has 28 heavy (non-hydrogen) atoms. The van der Waals surface area contributed by atoms with E-state index in [1.54, 1.807) is 36.1 Å². The van der Waals surface area contributed by atoms with Crippen molar-refractivity contribution >= 4 is 23.5 Å². The molecule has 1 heterocycles. The molecule has 1 fully saturated rings. The number of amides is 2. The molecule has 1 saturated heterocycles. The van der Waals surface area contributed by atoms with E-state index in [1.165, 1.54) is 5.56 Å². The van der Waals surface area contributed by atoms with Crippen LogP contribution in [0.4, 0.5) is 5.69 Å².